The molecule has 1 amide bonds. The first-order chi connectivity index (χ1) is 14.3. The summed E-state index contributed by atoms with van der Waals surface area (Å²) in [6.07, 6.45) is -3.54. The SMILES string of the molecule is CCCC(=O)Nc1ccc(C(=O)CSc2nc(C(F)(F)F)nc3ccccc23)cc1. The van der Waals surface area contributed by atoms with Gasteiger partial charge in [-0.15, -0.1) is 0 Å². The Morgan fingerprint density at radius 2 is 1.73 bits per heavy atom. The van der Waals surface area contributed by atoms with Crippen LogP contribution in [-0.2, 0) is 11.0 Å². The maximum Gasteiger partial charge on any atom is 0.451 e. The van der Waals surface area contributed by atoms with E-state index in [4.69, 9.17) is 0 Å². The van der Waals surface area contributed by atoms with Gasteiger partial charge in [0.25, 0.3) is 0 Å². The summed E-state index contributed by atoms with van der Waals surface area (Å²) in [4.78, 5) is 31.3. The molecule has 0 aliphatic heterocycles. The molecule has 0 fully saturated rings. The molecule has 0 aliphatic rings. The predicted molar refractivity (Wildman–Crippen MR) is 110 cm³/mol. The molecule has 1 aromatic heterocycles. The van der Waals surface area contributed by atoms with Crippen molar-refractivity contribution in [2.45, 2.75) is 31.0 Å². The van der Waals surface area contributed by atoms with Crippen LogP contribution in [0, 0.1) is 0 Å². The molecule has 5 nitrogen and oxygen atoms in total. The largest absolute Gasteiger partial charge is 0.451 e. The molecule has 0 radical (unpaired) electrons. The first-order valence-electron chi connectivity index (χ1n) is 9.18. The summed E-state index contributed by atoms with van der Waals surface area (Å²) >= 11 is 0.934. The maximum atomic E-state index is 13.1. The Labute approximate surface area is 175 Å². The molecule has 0 spiro atoms. The third kappa shape index (κ3) is 5.35. The number of nitrogens with one attached hydrogen (secondary N) is 1. The number of para-hydroxylation sites is 1. The number of amides is 1. The third-order valence-electron chi connectivity index (χ3n) is 4.13. The number of carbonyl (C=O) groups excluding carboxylic acids is 2. The number of nitrogens with zero attached hydrogens (tertiary/aromatic N) is 2. The van der Waals surface area contributed by atoms with Crippen LogP contribution < -0.4 is 5.32 Å². The van der Waals surface area contributed by atoms with Crippen molar-refractivity contribution in [3.05, 3.63) is 59.9 Å². The fraction of sp³-hybridized carbons (Fsp3) is 0.238. The van der Waals surface area contributed by atoms with Crippen molar-refractivity contribution >= 4 is 40.0 Å². The highest BCUT2D eigenvalue weighted by Crippen LogP contribution is 2.32. The summed E-state index contributed by atoms with van der Waals surface area (Å²) in [5.74, 6) is -1.69. The van der Waals surface area contributed by atoms with Gasteiger partial charge in [-0.1, -0.05) is 36.9 Å². The van der Waals surface area contributed by atoms with E-state index in [1.54, 1.807) is 42.5 Å². The molecule has 156 valence electrons. The molecule has 0 saturated heterocycles. The van der Waals surface area contributed by atoms with Crippen LogP contribution in [0.4, 0.5) is 18.9 Å². The number of halogens is 3. The summed E-state index contributed by atoms with van der Waals surface area (Å²) in [7, 11) is 0. The molecular weight excluding hydrogens is 415 g/mol. The van der Waals surface area contributed by atoms with Gasteiger partial charge in [-0.3, -0.25) is 9.59 Å². The predicted octanol–water partition coefficient (Wildman–Crippen LogP) is 5.36. The Bertz CT molecular complexity index is 1070. The highest BCUT2D eigenvalue weighted by Gasteiger charge is 2.35. The number of anilines is 1. The Hall–Kier alpha value is -2.94. The summed E-state index contributed by atoms with van der Waals surface area (Å²) < 4.78 is 39.3. The second kappa shape index (κ2) is 9.25. The first kappa shape index (κ1) is 21.8. The van der Waals surface area contributed by atoms with Gasteiger partial charge in [0, 0.05) is 23.1 Å². The average Bonchev–Trinajstić information content (AvgIpc) is 2.71. The van der Waals surface area contributed by atoms with E-state index < -0.39 is 12.0 Å². The molecule has 0 saturated carbocycles. The Balaban J connectivity index is 1.74. The zero-order valence-corrected chi connectivity index (χ0v) is 16.8. The number of ketones is 1. The number of Topliss-reactive ketones (excluding diaryl/α,β-unsaturated/α-hetero) is 1. The molecule has 0 aliphatic carbocycles. The lowest BCUT2D eigenvalue weighted by Gasteiger charge is -2.10. The highest BCUT2D eigenvalue weighted by atomic mass is 32.2. The Kier molecular flexibility index (Phi) is 6.71. The van der Waals surface area contributed by atoms with Crippen molar-refractivity contribution in [2.75, 3.05) is 11.1 Å². The number of hydrogen-bond donors (Lipinski definition) is 1. The van der Waals surface area contributed by atoms with E-state index >= 15 is 0 Å². The smallest absolute Gasteiger partial charge is 0.326 e. The fourth-order valence-electron chi connectivity index (χ4n) is 2.69. The quantitative estimate of drug-likeness (QED) is 0.308. The monoisotopic (exact) mass is 433 g/mol. The fourth-order valence-corrected chi connectivity index (χ4v) is 3.61. The lowest BCUT2D eigenvalue weighted by molar-refractivity contribution is -0.145. The lowest BCUT2D eigenvalue weighted by Crippen LogP contribution is -2.12. The van der Waals surface area contributed by atoms with Crippen LogP contribution in [0.5, 0.6) is 0 Å². The van der Waals surface area contributed by atoms with Crippen LogP contribution in [0.3, 0.4) is 0 Å². The number of aromatic nitrogens is 2. The van der Waals surface area contributed by atoms with Crippen molar-refractivity contribution in [3.8, 4) is 0 Å². The van der Waals surface area contributed by atoms with Gasteiger partial charge in [0.15, 0.2) is 5.78 Å². The van der Waals surface area contributed by atoms with Crippen molar-refractivity contribution in [1.82, 2.24) is 9.97 Å². The minimum absolute atomic E-state index is 0.0835. The second-order valence-corrected chi connectivity index (χ2v) is 7.42. The topological polar surface area (TPSA) is 72.0 Å². The van der Waals surface area contributed by atoms with E-state index in [-0.39, 0.29) is 28.0 Å². The summed E-state index contributed by atoms with van der Waals surface area (Å²) in [5.41, 5.74) is 1.14. The van der Waals surface area contributed by atoms with E-state index in [0.29, 0.717) is 23.1 Å². The van der Waals surface area contributed by atoms with Crippen LogP contribution in [-0.4, -0.2) is 27.4 Å². The standard InChI is InChI=1S/C21H18F3N3O2S/c1-2-5-18(29)25-14-10-8-13(9-11-14)17(28)12-30-19-15-6-3-4-7-16(15)26-20(27-19)21(22,23)24/h3-4,6-11H,2,5,12H2,1H3,(H,25,29). The van der Waals surface area contributed by atoms with Crippen molar-refractivity contribution < 1.29 is 22.8 Å². The summed E-state index contributed by atoms with van der Waals surface area (Å²) in [6.45, 7) is 1.90. The van der Waals surface area contributed by atoms with Crippen LogP contribution in [0.2, 0.25) is 0 Å². The highest BCUT2D eigenvalue weighted by molar-refractivity contribution is 8.00. The van der Waals surface area contributed by atoms with E-state index in [1.165, 1.54) is 6.07 Å². The van der Waals surface area contributed by atoms with Gasteiger partial charge in [-0.25, -0.2) is 9.97 Å². The van der Waals surface area contributed by atoms with Crippen molar-refractivity contribution in [2.24, 2.45) is 0 Å². The zero-order chi connectivity index (χ0) is 21.7. The van der Waals surface area contributed by atoms with Gasteiger partial charge in [0.1, 0.15) is 5.03 Å². The third-order valence-corrected chi connectivity index (χ3v) is 5.12. The number of carbonyl (C=O) groups is 2. The first-order valence-corrected chi connectivity index (χ1v) is 10.2. The number of rotatable bonds is 7. The van der Waals surface area contributed by atoms with Gasteiger partial charge in [-0.2, -0.15) is 13.2 Å². The number of benzene rings is 2. The number of hydrogen-bond acceptors (Lipinski definition) is 5. The van der Waals surface area contributed by atoms with E-state index in [2.05, 4.69) is 15.3 Å². The van der Waals surface area contributed by atoms with Crippen LogP contribution in [0.25, 0.3) is 10.9 Å². The minimum Gasteiger partial charge on any atom is -0.326 e. The van der Waals surface area contributed by atoms with Crippen molar-refractivity contribution in [3.63, 3.8) is 0 Å². The molecule has 0 bridgehead atoms. The average molecular weight is 433 g/mol. The number of alkyl halides is 3. The Morgan fingerprint density at radius 3 is 2.40 bits per heavy atom. The maximum absolute atomic E-state index is 13.1. The molecule has 9 heteroatoms. The van der Waals surface area contributed by atoms with E-state index in [1.807, 2.05) is 6.92 Å². The van der Waals surface area contributed by atoms with Crippen LogP contribution in [0.1, 0.15) is 35.9 Å². The molecular formula is C21H18F3N3O2S. The number of fused-ring (bicyclic) bond motifs is 1. The second-order valence-electron chi connectivity index (χ2n) is 6.45. The molecule has 0 unspecified atom stereocenters. The van der Waals surface area contributed by atoms with Crippen LogP contribution >= 0.6 is 11.8 Å². The van der Waals surface area contributed by atoms with Crippen LogP contribution in [0.15, 0.2) is 53.6 Å². The Morgan fingerprint density at radius 1 is 1.03 bits per heavy atom. The molecule has 1 heterocycles. The molecule has 0 atom stereocenters. The molecule has 2 aromatic carbocycles. The lowest BCUT2D eigenvalue weighted by atomic mass is 10.1. The summed E-state index contributed by atoms with van der Waals surface area (Å²) in [6, 6.07) is 12.8. The molecule has 3 aromatic rings. The molecule has 30 heavy (non-hydrogen) atoms. The minimum atomic E-state index is -4.68. The van der Waals surface area contributed by atoms with E-state index in [0.717, 1.165) is 18.2 Å². The molecule has 1 N–H and O–H groups in total. The zero-order valence-electron chi connectivity index (χ0n) is 16.0. The van der Waals surface area contributed by atoms with Gasteiger partial charge < -0.3 is 5.32 Å². The van der Waals surface area contributed by atoms with Crippen molar-refractivity contribution in [1.29, 1.82) is 0 Å². The number of thioether (sulfide) groups is 1. The van der Waals surface area contributed by atoms with E-state index in [9.17, 15) is 22.8 Å². The van der Waals surface area contributed by atoms with Gasteiger partial charge in [0.05, 0.1) is 11.3 Å². The normalized spacial score (nSPS) is 11.5. The van der Waals surface area contributed by atoms with Gasteiger partial charge in [-0.05, 0) is 36.8 Å². The summed E-state index contributed by atoms with van der Waals surface area (Å²) in [5, 5.41) is 3.29. The molecule has 3 rings (SSSR count). The van der Waals surface area contributed by atoms with Gasteiger partial charge >= 0.3 is 6.18 Å². The van der Waals surface area contributed by atoms with Gasteiger partial charge in [0.2, 0.25) is 11.7 Å².